The molecule has 0 fully saturated rings. The van der Waals surface area contributed by atoms with E-state index in [2.05, 4.69) is 15.6 Å². The predicted molar refractivity (Wildman–Crippen MR) is 104 cm³/mol. The van der Waals surface area contributed by atoms with Crippen LogP contribution in [0.4, 0.5) is 19.6 Å². The highest BCUT2D eigenvalue weighted by molar-refractivity contribution is 7.14. The lowest BCUT2D eigenvalue weighted by molar-refractivity contribution is -0.115. The topological polar surface area (TPSA) is 114 Å². The van der Waals surface area contributed by atoms with Gasteiger partial charge < -0.3 is 11.1 Å². The number of carbonyl (C=O) groups is 3. The summed E-state index contributed by atoms with van der Waals surface area (Å²) in [5, 5.41) is 6.73. The summed E-state index contributed by atoms with van der Waals surface area (Å²) in [5.74, 6) is -4.24. The van der Waals surface area contributed by atoms with Gasteiger partial charge in [-0.05, 0) is 18.2 Å². The lowest BCUT2D eigenvalue weighted by Gasteiger charge is -2.08. The fraction of sp³-hybridized carbons (Fsp3) is 0.0526. The zero-order chi connectivity index (χ0) is 21.0. The van der Waals surface area contributed by atoms with Gasteiger partial charge in [-0.3, -0.25) is 19.7 Å². The van der Waals surface area contributed by atoms with Crippen LogP contribution in [0.5, 0.6) is 0 Å². The first-order chi connectivity index (χ1) is 13.8. The lowest BCUT2D eigenvalue weighted by atomic mass is 10.1. The molecule has 0 atom stereocenters. The van der Waals surface area contributed by atoms with Gasteiger partial charge in [0.05, 0.1) is 23.4 Å². The average Bonchev–Trinajstić information content (AvgIpc) is 3.11. The first-order valence-corrected chi connectivity index (χ1v) is 9.11. The van der Waals surface area contributed by atoms with E-state index in [1.165, 1.54) is 0 Å². The van der Waals surface area contributed by atoms with Crippen LogP contribution >= 0.6 is 11.3 Å². The molecule has 0 aliphatic rings. The summed E-state index contributed by atoms with van der Waals surface area (Å²) in [4.78, 5) is 39.5. The minimum Gasteiger partial charge on any atom is -0.366 e. The van der Waals surface area contributed by atoms with E-state index in [0.29, 0.717) is 22.5 Å². The fourth-order valence-electron chi connectivity index (χ4n) is 2.40. The number of amides is 3. The average molecular weight is 416 g/mol. The van der Waals surface area contributed by atoms with Crippen molar-refractivity contribution in [1.82, 2.24) is 4.98 Å². The van der Waals surface area contributed by atoms with Crippen LogP contribution in [0, 0.1) is 11.6 Å². The normalized spacial score (nSPS) is 10.4. The lowest BCUT2D eigenvalue weighted by Crippen LogP contribution is -2.18. The third-order valence-electron chi connectivity index (χ3n) is 3.75. The van der Waals surface area contributed by atoms with Gasteiger partial charge in [-0.1, -0.05) is 18.2 Å². The molecule has 0 aliphatic heterocycles. The highest BCUT2D eigenvalue weighted by atomic mass is 32.1. The van der Waals surface area contributed by atoms with Crippen LogP contribution < -0.4 is 16.4 Å². The first-order valence-electron chi connectivity index (χ1n) is 8.23. The molecular formula is C19H14F2N4O3S. The maximum atomic E-state index is 13.8. The maximum absolute atomic E-state index is 13.8. The van der Waals surface area contributed by atoms with E-state index in [4.69, 9.17) is 5.73 Å². The first kappa shape index (κ1) is 20.1. The molecule has 3 rings (SSSR count). The summed E-state index contributed by atoms with van der Waals surface area (Å²) < 4.78 is 27.3. The predicted octanol–water partition coefficient (Wildman–Crippen LogP) is 2.95. The number of nitrogens with one attached hydrogen (secondary N) is 2. The molecule has 3 amide bonds. The summed E-state index contributed by atoms with van der Waals surface area (Å²) in [6, 6.07) is 9.83. The Bertz CT molecular complexity index is 1090. The summed E-state index contributed by atoms with van der Waals surface area (Å²) in [6.07, 6.45) is -0.222. The Kier molecular flexibility index (Phi) is 5.93. The standard InChI is InChI=1S/C19H14F2N4O3S/c20-13-8-14(21)15(7-12(13)17(22)27)24-16(26)6-11-9-29-19(23-11)25-18(28)10-4-2-1-3-5-10/h1-5,7-9H,6H2,(H2,22,27)(H,24,26)(H,23,25,28). The Morgan fingerprint density at radius 2 is 1.76 bits per heavy atom. The minimum absolute atomic E-state index is 0.222. The second-order valence-electron chi connectivity index (χ2n) is 5.87. The fourth-order valence-corrected chi connectivity index (χ4v) is 3.10. The van der Waals surface area contributed by atoms with Gasteiger partial charge in [-0.15, -0.1) is 11.3 Å². The number of nitrogens with zero attached hydrogens (tertiary/aromatic N) is 1. The number of hydrogen-bond acceptors (Lipinski definition) is 5. The molecule has 0 unspecified atom stereocenters. The van der Waals surface area contributed by atoms with Crippen molar-refractivity contribution in [2.24, 2.45) is 5.73 Å². The highest BCUT2D eigenvalue weighted by Gasteiger charge is 2.17. The minimum atomic E-state index is -1.12. The van der Waals surface area contributed by atoms with E-state index in [1.807, 2.05) is 0 Å². The van der Waals surface area contributed by atoms with E-state index in [9.17, 15) is 23.2 Å². The van der Waals surface area contributed by atoms with Crippen molar-refractivity contribution in [3.05, 3.63) is 76.3 Å². The van der Waals surface area contributed by atoms with E-state index >= 15 is 0 Å². The number of thiazole rings is 1. The molecule has 10 heteroatoms. The number of aromatic nitrogens is 1. The molecular weight excluding hydrogens is 402 g/mol. The van der Waals surface area contributed by atoms with Gasteiger partial charge in [0.1, 0.15) is 11.6 Å². The zero-order valence-corrected chi connectivity index (χ0v) is 15.6. The van der Waals surface area contributed by atoms with Gasteiger partial charge in [0, 0.05) is 17.0 Å². The van der Waals surface area contributed by atoms with Crippen LogP contribution in [-0.2, 0) is 11.2 Å². The van der Waals surface area contributed by atoms with E-state index < -0.39 is 29.0 Å². The number of nitrogens with two attached hydrogens (primary N) is 1. The largest absolute Gasteiger partial charge is 0.366 e. The van der Waals surface area contributed by atoms with Gasteiger partial charge in [-0.25, -0.2) is 13.8 Å². The Balaban J connectivity index is 1.64. The molecule has 2 aromatic carbocycles. The van der Waals surface area contributed by atoms with Gasteiger partial charge >= 0.3 is 0 Å². The zero-order valence-electron chi connectivity index (χ0n) is 14.7. The van der Waals surface area contributed by atoms with Crippen LogP contribution in [0.2, 0.25) is 0 Å². The Morgan fingerprint density at radius 3 is 2.45 bits per heavy atom. The molecule has 7 nitrogen and oxygen atoms in total. The van der Waals surface area contributed by atoms with Gasteiger partial charge in [0.25, 0.3) is 11.8 Å². The smallest absolute Gasteiger partial charge is 0.257 e. The monoisotopic (exact) mass is 416 g/mol. The molecule has 0 bridgehead atoms. The van der Waals surface area contributed by atoms with Crippen molar-refractivity contribution >= 4 is 39.9 Å². The van der Waals surface area contributed by atoms with Gasteiger partial charge in [-0.2, -0.15) is 0 Å². The van der Waals surface area contributed by atoms with E-state index in [-0.39, 0.29) is 18.0 Å². The van der Waals surface area contributed by atoms with Crippen LogP contribution in [-0.4, -0.2) is 22.7 Å². The Labute approximate surface area is 167 Å². The third-order valence-corrected chi connectivity index (χ3v) is 4.55. The van der Waals surface area contributed by atoms with Crippen molar-refractivity contribution in [2.45, 2.75) is 6.42 Å². The van der Waals surface area contributed by atoms with Crippen molar-refractivity contribution in [2.75, 3.05) is 10.6 Å². The number of benzene rings is 2. The van der Waals surface area contributed by atoms with Crippen LogP contribution in [0.25, 0.3) is 0 Å². The summed E-state index contributed by atoms with van der Waals surface area (Å²) >= 11 is 1.12. The molecule has 0 saturated carbocycles. The molecule has 0 aliphatic carbocycles. The molecule has 0 radical (unpaired) electrons. The molecule has 4 N–H and O–H groups in total. The van der Waals surface area contributed by atoms with Crippen molar-refractivity contribution in [1.29, 1.82) is 0 Å². The Morgan fingerprint density at radius 1 is 1.03 bits per heavy atom. The number of anilines is 2. The van der Waals surface area contributed by atoms with Crippen molar-refractivity contribution in [3.63, 3.8) is 0 Å². The molecule has 1 aromatic heterocycles. The third kappa shape index (κ3) is 4.99. The quantitative estimate of drug-likeness (QED) is 0.573. The summed E-state index contributed by atoms with van der Waals surface area (Å²) in [5.41, 5.74) is 4.90. The number of hydrogen-bond donors (Lipinski definition) is 3. The molecule has 3 aromatic rings. The summed E-state index contributed by atoms with van der Waals surface area (Å²) in [7, 11) is 0. The molecule has 1 heterocycles. The van der Waals surface area contributed by atoms with Crippen molar-refractivity contribution < 1.29 is 23.2 Å². The number of halogens is 2. The molecule has 29 heavy (non-hydrogen) atoms. The molecule has 148 valence electrons. The van der Waals surface area contributed by atoms with Crippen LogP contribution in [0.1, 0.15) is 26.4 Å². The SMILES string of the molecule is NC(=O)c1cc(NC(=O)Cc2csc(NC(=O)c3ccccc3)n2)c(F)cc1F. The molecule has 0 spiro atoms. The Hall–Kier alpha value is -3.66. The second-order valence-corrected chi connectivity index (χ2v) is 6.72. The maximum Gasteiger partial charge on any atom is 0.257 e. The van der Waals surface area contributed by atoms with E-state index in [0.717, 1.165) is 17.4 Å². The van der Waals surface area contributed by atoms with Crippen molar-refractivity contribution in [3.8, 4) is 0 Å². The number of rotatable bonds is 6. The number of primary amides is 1. The second kappa shape index (κ2) is 8.57. The summed E-state index contributed by atoms with van der Waals surface area (Å²) in [6.45, 7) is 0. The van der Waals surface area contributed by atoms with Crippen LogP contribution in [0.3, 0.4) is 0 Å². The van der Waals surface area contributed by atoms with Gasteiger partial charge in [0.2, 0.25) is 5.91 Å². The highest BCUT2D eigenvalue weighted by Crippen LogP contribution is 2.21. The van der Waals surface area contributed by atoms with E-state index in [1.54, 1.807) is 35.7 Å². The molecule has 0 saturated heterocycles. The van der Waals surface area contributed by atoms with Crippen LogP contribution in [0.15, 0.2) is 47.8 Å². The number of carbonyl (C=O) groups excluding carboxylic acids is 3. The van der Waals surface area contributed by atoms with Gasteiger partial charge in [0.15, 0.2) is 5.13 Å².